The van der Waals surface area contributed by atoms with Crippen LogP contribution in [0.4, 0.5) is 5.69 Å². The Morgan fingerprint density at radius 1 is 0.966 bits per heavy atom. The lowest BCUT2D eigenvalue weighted by molar-refractivity contribution is -0.119. The molecule has 1 aliphatic heterocycles. The van der Waals surface area contributed by atoms with E-state index in [1.54, 1.807) is 36.4 Å². The summed E-state index contributed by atoms with van der Waals surface area (Å²) in [6.45, 7) is 1.93. The highest BCUT2D eigenvalue weighted by molar-refractivity contribution is 6.23. The number of methoxy groups -OCH3 is 1. The van der Waals surface area contributed by atoms with Crippen molar-refractivity contribution in [3.8, 4) is 0 Å². The van der Waals surface area contributed by atoms with Gasteiger partial charge in [-0.15, -0.1) is 0 Å². The molecule has 3 amide bonds. The van der Waals surface area contributed by atoms with Gasteiger partial charge in [0.25, 0.3) is 11.8 Å². The highest BCUT2D eigenvalue weighted by Gasteiger charge is 2.40. The van der Waals surface area contributed by atoms with Gasteiger partial charge in [-0.2, -0.15) is 0 Å². The van der Waals surface area contributed by atoms with Crippen molar-refractivity contribution in [3.63, 3.8) is 0 Å². The second-order valence-corrected chi connectivity index (χ2v) is 6.40. The maximum Gasteiger partial charge on any atom is 0.338 e. The first-order valence-corrected chi connectivity index (χ1v) is 8.98. The van der Waals surface area contributed by atoms with Crippen LogP contribution in [0, 0.1) is 0 Å². The molecular formula is C21H20N2O6. The predicted octanol–water partition coefficient (Wildman–Crippen LogP) is 2.11. The number of carbonyl (C=O) groups excluding carboxylic acids is 4. The van der Waals surface area contributed by atoms with Gasteiger partial charge in [0.2, 0.25) is 5.91 Å². The fourth-order valence-corrected chi connectivity index (χ4v) is 2.91. The van der Waals surface area contributed by atoms with Gasteiger partial charge in [-0.05, 0) is 43.3 Å². The third-order valence-electron chi connectivity index (χ3n) is 4.50. The number of fused-ring (bicyclic) bond motifs is 1. The van der Waals surface area contributed by atoms with Crippen molar-refractivity contribution in [2.75, 3.05) is 25.6 Å². The fraction of sp³-hybridized carbons (Fsp3) is 0.238. The largest absolute Gasteiger partial charge is 0.460 e. The molecule has 1 heterocycles. The molecule has 0 aliphatic carbocycles. The standard InChI is InChI=1S/C21H20N2O6/c1-13(23-19(25)16-5-3-4-6-17(16)20(23)26)18(24)22-15-9-7-14(8-10-15)21(27)29-12-11-28-2/h3-10,13H,11-12H2,1-2H3,(H,22,24). The summed E-state index contributed by atoms with van der Waals surface area (Å²) in [5, 5.41) is 2.65. The Bertz CT molecular complexity index is 919. The molecule has 1 atom stereocenters. The first-order valence-electron chi connectivity index (χ1n) is 8.98. The quantitative estimate of drug-likeness (QED) is 0.437. The van der Waals surface area contributed by atoms with E-state index in [1.165, 1.54) is 26.2 Å². The predicted molar refractivity (Wildman–Crippen MR) is 104 cm³/mol. The van der Waals surface area contributed by atoms with Crippen LogP contribution in [0.25, 0.3) is 0 Å². The van der Waals surface area contributed by atoms with E-state index in [0.29, 0.717) is 17.9 Å². The number of hydrogen-bond acceptors (Lipinski definition) is 6. The Hall–Kier alpha value is -3.52. The van der Waals surface area contributed by atoms with E-state index in [2.05, 4.69) is 5.32 Å². The molecule has 29 heavy (non-hydrogen) atoms. The number of nitrogens with one attached hydrogen (secondary N) is 1. The average Bonchev–Trinajstić information content (AvgIpc) is 2.98. The molecule has 0 radical (unpaired) electrons. The van der Waals surface area contributed by atoms with Crippen LogP contribution in [-0.2, 0) is 14.3 Å². The molecule has 150 valence electrons. The lowest BCUT2D eigenvalue weighted by Gasteiger charge is -2.21. The van der Waals surface area contributed by atoms with Crippen LogP contribution in [0.3, 0.4) is 0 Å². The molecule has 0 bridgehead atoms. The Balaban J connectivity index is 1.64. The second-order valence-electron chi connectivity index (χ2n) is 6.40. The number of nitrogens with zero attached hydrogens (tertiary/aromatic N) is 1. The van der Waals surface area contributed by atoms with Crippen LogP contribution in [0.15, 0.2) is 48.5 Å². The Morgan fingerprint density at radius 2 is 1.55 bits per heavy atom. The lowest BCUT2D eigenvalue weighted by Crippen LogP contribution is -2.45. The van der Waals surface area contributed by atoms with Gasteiger partial charge >= 0.3 is 5.97 Å². The second kappa shape index (κ2) is 8.66. The molecule has 0 spiro atoms. The normalized spacial score (nSPS) is 13.8. The van der Waals surface area contributed by atoms with Crippen molar-refractivity contribution < 1.29 is 28.7 Å². The van der Waals surface area contributed by atoms with Crippen molar-refractivity contribution in [1.29, 1.82) is 0 Å². The molecule has 0 saturated carbocycles. The first-order chi connectivity index (χ1) is 13.9. The zero-order valence-corrected chi connectivity index (χ0v) is 16.0. The van der Waals surface area contributed by atoms with Crippen LogP contribution < -0.4 is 5.32 Å². The molecule has 8 nitrogen and oxygen atoms in total. The summed E-state index contributed by atoms with van der Waals surface area (Å²) >= 11 is 0. The topological polar surface area (TPSA) is 102 Å². The van der Waals surface area contributed by atoms with E-state index in [4.69, 9.17) is 9.47 Å². The molecule has 2 aromatic carbocycles. The third-order valence-corrected chi connectivity index (χ3v) is 4.50. The van der Waals surface area contributed by atoms with Gasteiger partial charge in [-0.25, -0.2) is 4.79 Å². The van der Waals surface area contributed by atoms with Gasteiger partial charge in [-0.3, -0.25) is 19.3 Å². The minimum Gasteiger partial charge on any atom is -0.460 e. The van der Waals surface area contributed by atoms with Gasteiger partial charge in [0, 0.05) is 12.8 Å². The van der Waals surface area contributed by atoms with E-state index < -0.39 is 29.7 Å². The molecule has 0 aromatic heterocycles. The number of benzene rings is 2. The van der Waals surface area contributed by atoms with Crippen LogP contribution in [0.2, 0.25) is 0 Å². The Labute approximate surface area is 167 Å². The zero-order chi connectivity index (χ0) is 21.0. The van der Waals surface area contributed by atoms with Crippen molar-refractivity contribution >= 4 is 29.4 Å². The van der Waals surface area contributed by atoms with Gasteiger partial charge in [0.1, 0.15) is 12.6 Å². The van der Waals surface area contributed by atoms with E-state index in [-0.39, 0.29) is 17.7 Å². The van der Waals surface area contributed by atoms with Crippen LogP contribution in [-0.4, -0.2) is 55.0 Å². The van der Waals surface area contributed by atoms with E-state index in [9.17, 15) is 19.2 Å². The number of anilines is 1. The summed E-state index contributed by atoms with van der Waals surface area (Å²) in [7, 11) is 1.51. The van der Waals surface area contributed by atoms with Crippen molar-refractivity contribution in [3.05, 3.63) is 65.2 Å². The molecule has 1 unspecified atom stereocenters. The minimum atomic E-state index is -0.999. The van der Waals surface area contributed by atoms with Gasteiger partial charge in [-0.1, -0.05) is 12.1 Å². The number of esters is 1. The average molecular weight is 396 g/mol. The van der Waals surface area contributed by atoms with Gasteiger partial charge < -0.3 is 14.8 Å². The van der Waals surface area contributed by atoms with Crippen LogP contribution >= 0.6 is 0 Å². The first kappa shape index (κ1) is 20.2. The monoisotopic (exact) mass is 396 g/mol. The van der Waals surface area contributed by atoms with E-state index >= 15 is 0 Å². The number of rotatable bonds is 7. The Kier molecular flexibility index (Phi) is 6.04. The summed E-state index contributed by atoms with van der Waals surface area (Å²) in [4.78, 5) is 50.4. The number of hydrogen-bond donors (Lipinski definition) is 1. The summed E-state index contributed by atoms with van der Waals surface area (Å²) in [5.74, 6) is -2.01. The van der Waals surface area contributed by atoms with Gasteiger partial charge in [0.15, 0.2) is 0 Å². The number of imide groups is 1. The molecule has 2 aromatic rings. The van der Waals surface area contributed by atoms with Crippen LogP contribution in [0.5, 0.6) is 0 Å². The molecule has 0 saturated heterocycles. The minimum absolute atomic E-state index is 0.144. The SMILES string of the molecule is COCCOC(=O)c1ccc(NC(=O)C(C)N2C(=O)c3ccccc3C2=O)cc1. The van der Waals surface area contributed by atoms with E-state index in [0.717, 1.165) is 4.90 Å². The van der Waals surface area contributed by atoms with E-state index in [1.807, 2.05) is 0 Å². The highest BCUT2D eigenvalue weighted by atomic mass is 16.6. The molecule has 1 N–H and O–H groups in total. The summed E-state index contributed by atoms with van der Waals surface area (Å²) in [5.41, 5.74) is 1.32. The smallest absolute Gasteiger partial charge is 0.338 e. The van der Waals surface area contributed by atoms with Crippen molar-refractivity contribution in [2.45, 2.75) is 13.0 Å². The zero-order valence-electron chi connectivity index (χ0n) is 16.0. The number of amides is 3. The maximum atomic E-state index is 12.6. The molecule has 3 rings (SSSR count). The molecule has 1 aliphatic rings. The van der Waals surface area contributed by atoms with Crippen molar-refractivity contribution in [1.82, 2.24) is 4.90 Å². The number of carbonyl (C=O) groups is 4. The molecular weight excluding hydrogens is 376 g/mol. The Morgan fingerprint density at radius 3 is 2.10 bits per heavy atom. The van der Waals surface area contributed by atoms with Crippen LogP contribution in [0.1, 0.15) is 38.0 Å². The van der Waals surface area contributed by atoms with Gasteiger partial charge in [0.05, 0.1) is 23.3 Å². The fourth-order valence-electron chi connectivity index (χ4n) is 2.91. The highest BCUT2D eigenvalue weighted by Crippen LogP contribution is 2.25. The summed E-state index contributed by atoms with van der Waals surface area (Å²) in [6, 6.07) is 11.6. The van der Waals surface area contributed by atoms with Crippen molar-refractivity contribution in [2.24, 2.45) is 0 Å². The number of ether oxygens (including phenoxy) is 2. The maximum absolute atomic E-state index is 12.6. The lowest BCUT2D eigenvalue weighted by atomic mass is 10.1. The summed E-state index contributed by atoms with van der Waals surface area (Å²) in [6.07, 6.45) is 0. The summed E-state index contributed by atoms with van der Waals surface area (Å²) < 4.78 is 9.83. The molecule has 0 fully saturated rings. The third kappa shape index (κ3) is 4.17. The molecule has 8 heteroatoms.